The zero-order valence-electron chi connectivity index (χ0n) is 12.9. The maximum Gasteiger partial charge on any atom is 0.322 e. The molecule has 2 N–H and O–H groups in total. The molecule has 8 nitrogen and oxygen atoms in total. The second kappa shape index (κ2) is 6.59. The number of imide groups is 1. The Bertz CT molecular complexity index is 581. The van der Waals surface area contributed by atoms with Crippen molar-refractivity contribution in [3.05, 3.63) is 17.5 Å². The van der Waals surface area contributed by atoms with Gasteiger partial charge in [0.05, 0.1) is 12.2 Å². The molecule has 1 aliphatic heterocycles. The zero-order valence-corrected chi connectivity index (χ0v) is 12.9. The number of carbonyl (C=O) groups excluding carboxylic acids is 3. The number of likely N-dealkylation sites (N-methyl/N-ethyl adjacent to an activating group) is 1. The lowest BCUT2D eigenvalue weighted by Gasteiger charge is -2.21. The second-order valence-corrected chi connectivity index (χ2v) is 5.68. The largest absolute Gasteiger partial charge is 0.359 e. The molecule has 0 radical (unpaired) electrons. The van der Waals surface area contributed by atoms with E-state index in [1.807, 2.05) is 19.9 Å². The van der Waals surface area contributed by atoms with Crippen LogP contribution in [0.15, 0.2) is 10.6 Å². The molecular formula is C14H20N4O4. The van der Waals surface area contributed by atoms with Crippen LogP contribution in [0, 0.1) is 0 Å². The van der Waals surface area contributed by atoms with Crippen molar-refractivity contribution < 1.29 is 18.9 Å². The summed E-state index contributed by atoms with van der Waals surface area (Å²) in [7, 11) is 1.62. The molecule has 120 valence electrons. The van der Waals surface area contributed by atoms with E-state index in [9.17, 15) is 14.4 Å². The molecule has 1 aromatic rings. The van der Waals surface area contributed by atoms with Crippen molar-refractivity contribution in [2.45, 2.75) is 45.2 Å². The molecule has 0 spiro atoms. The highest BCUT2D eigenvalue weighted by molar-refractivity contribution is 5.98. The molecule has 1 fully saturated rings. The minimum absolute atomic E-state index is 0.128. The Hall–Kier alpha value is -2.38. The monoisotopic (exact) mass is 308 g/mol. The van der Waals surface area contributed by atoms with E-state index in [1.54, 1.807) is 7.05 Å². The summed E-state index contributed by atoms with van der Waals surface area (Å²) in [6.07, 6.45) is 0.400. The number of nitrogens with zero attached hydrogens (tertiary/aromatic N) is 2. The van der Waals surface area contributed by atoms with Gasteiger partial charge < -0.3 is 14.7 Å². The number of nitrogens with one attached hydrogen (secondary N) is 2. The molecule has 1 aromatic heterocycles. The third-order valence-electron chi connectivity index (χ3n) is 3.45. The highest BCUT2D eigenvalue weighted by Gasteiger charge is 2.28. The van der Waals surface area contributed by atoms with Gasteiger partial charge in [-0.15, -0.1) is 0 Å². The van der Waals surface area contributed by atoms with Gasteiger partial charge in [-0.25, -0.2) is 4.79 Å². The van der Waals surface area contributed by atoms with Gasteiger partial charge in [-0.1, -0.05) is 19.0 Å². The lowest BCUT2D eigenvalue weighted by molar-refractivity contribution is -0.132. The van der Waals surface area contributed by atoms with Crippen molar-refractivity contribution in [2.75, 3.05) is 7.05 Å². The van der Waals surface area contributed by atoms with Crippen LogP contribution in [0.25, 0.3) is 0 Å². The molecule has 2 heterocycles. The van der Waals surface area contributed by atoms with E-state index in [-0.39, 0.29) is 37.1 Å². The Kier molecular flexibility index (Phi) is 4.79. The SMILES string of the molecule is CC(C)c1cc(CN(C)C(=O)[C@H]2CCC(=O)NC(=O)N2)on1. The van der Waals surface area contributed by atoms with Gasteiger partial charge in [0.2, 0.25) is 11.8 Å². The quantitative estimate of drug-likeness (QED) is 0.854. The fraction of sp³-hybridized carbons (Fsp3) is 0.571. The number of hydrogen-bond donors (Lipinski definition) is 2. The van der Waals surface area contributed by atoms with Crippen LogP contribution in [0.4, 0.5) is 4.79 Å². The van der Waals surface area contributed by atoms with Gasteiger partial charge >= 0.3 is 6.03 Å². The van der Waals surface area contributed by atoms with Crippen LogP contribution in [0.3, 0.4) is 0 Å². The van der Waals surface area contributed by atoms with Crippen molar-refractivity contribution in [1.82, 2.24) is 20.7 Å². The van der Waals surface area contributed by atoms with Gasteiger partial charge in [0.15, 0.2) is 5.76 Å². The molecule has 0 unspecified atom stereocenters. The van der Waals surface area contributed by atoms with Crippen LogP contribution in [-0.2, 0) is 16.1 Å². The van der Waals surface area contributed by atoms with E-state index in [4.69, 9.17) is 4.52 Å². The van der Waals surface area contributed by atoms with Crippen LogP contribution in [0.1, 0.15) is 44.1 Å². The van der Waals surface area contributed by atoms with E-state index >= 15 is 0 Å². The predicted molar refractivity (Wildman–Crippen MR) is 76.8 cm³/mol. The Morgan fingerprint density at radius 3 is 2.86 bits per heavy atom. The van der Waals surface area contributed by atoms with Gasteiger partial charge in [-0.3, -0.25) is 14.9 Å². The molecule has 0 bridgehead atoms. The summed E-state index contributed by atoms with van der Waals surface area (Å²) >= 11 is 0. The predicted octanol–water partition coefficient (Wildman–Crippen LogP) is 0.745. The third kappa shape index (κ3) is 3.84. The van der Waals surface area contributed by atoms with Crippen molar-refractivity contribution in [3.63, 3.8) is 0 Å². The number of urea groups is 1. The summed E-state index contributed by atoms with van der Waals surface area (Å²) in [5, 5.41) is 8.57. The van der Waals surface area contributed by atoms with Crippen LogP contribution >= 0.6 is 0 Å². The average molecular weight is 308 g/mol. The van der Waals surface area contributed by atoms with E-state index < -0.39 is 12.1 Å². The molecule has 2 rings (SSSR count). The smallest absolute Gasteiger partial charge is 0.322 e. The number of hydrogen-bond acceptors (Lipinski definition) is 5. The topological polar surface area (TPSA) is 105 Å². The zero-order chi connectivity index (χ0) is 16.3. The number of amides is 4. The maximum absolute atomic E-state index is 12.4. The van der Waals surface area contributed by atoms with Crippen LogP contribution < -0.4 is 10.6 Å². The van der Waals surface area contributed by atoms with Gasteiger partial charge in [-0.2, -0.15) is 0 Å². The lowest BCUT2D eigenvalue weighted by atomic mass is 10.1. The summed E-state index contributed by atoms with van der Waals surface area (Å²) in [5.74, 6) is 0.171. The minimum atomic E-state index is -0.719. The minimum Gasteiger partial charge on any atom is -0.359 e. The third-order valence-corrected chi connectivity index (χ3v) is 3.45. The maximum atomic E-state index is 12.4. The van der Waals surface area contributed by atoms with Crippen LogP contribution in [0.2, 0.25) is 0 Å². The van der Waals surface area contributed by atoms with Gasteiger partial charge in [-0.05, 0) is 12.3 Å². The Balaban J connectivity index is 1.98. The van der Waals surface area contributed by atoms with Crippen molar-refractivity contribution in [2.24, 2.45) is 0 Å². The number of rotatable bonds is 4. The first kappa shape index (κ1) is 16.0. The molecular weight excluding hydrogens is 288 g/mol. The molecule has 4 amide bonds. The standard InChI is InChI=1S/C14H20N4O4/c1-8(2)11-6-9(22-17-11)7-18(3)13(20)10-4-5-12(19)16-14(21)15-10/h6,8,10H,4-5,7H2,1-3H3,(H2,15,16,19,21)/t10-/m1/s1. The first-order valence-electron chi connectivity index (χ1n) is 7.17. The second-order valence-electron chi connectivity index (χ2n) is 5.68. The van der Waals surface area contributed by atoms with E-state index in [0.717, 1.165) is 5.69 Å². The molecule has 1 aliphatic rings. The van der Waals surface area contributed by atoms with Crippen LogP contribution in [-0.4, -0.2) is 41.0 Å². The summed E-state index contributed by atoms with van der Waals surface area (Å²) < 4.78 is 5.20. The first-order chi connectivity index (χ1) is 10.4. The van der Waals surface area contributed by atoms with E-state index in [1.165, 1.54) is 4.90 Å². The molecule has 22 heavy (non-hydrogen) atoms. The fourth-order valence-corrected chi connectivity index (χ4v) is 2.17. The normalized spacial score (nSPS) is 18.6. The number of aromatic nitrogens is 1. The van der Waals surface area contributed by atoms with Gasteiger partial charge in [0, 0.05) is 19.5 Å². The summed E-state index contributed by atoms with van der Waals surface area (Å²) in [4.78, 5) is 36.5. The van der Waals surface area contributed by atoms with Crippen LogP contribution in [0.5, 0.6) is 0 Å². The van der Waals surface area contributed by atoms with Crippen molar-refractivity contribution >= 4 is 17.8 Å². The van der Waals surface area contributed by atoms with Gasteiger partial charge in [0.1, 0.15) is 6.04 Å². The molecule has 0 aliphatic carbocycles. The Morgan fingerprint density at radius 2 is 2.23 bits per heavy atom. The highest BCUT2D eigenvalue weighted by atomic mass is 16.5. The van der Waals surface area contributed by atoms with E-state index in [0.29, 0.717) is 5.76 Å². The van der Waals surface area contributed by atoms with Crippen molar-refractivity contribution in [3.8, 4) is 0 Å². The molecule has 1 atom stereocenters. The summed E-state index contributed by atoms with van der Waals surface area (Å²) in [6.45, 7) is 4.26. The summed E-state index contributed by atoms with van der Waals surface area (Å²) in [5.41, 5.74) is 0.827. The van der Waals surface area contributed by atoms with E-state index in [2.05, 4.69) is 15.8 Å². The number of carbonyl (C=O) groups is 3. The average Bonchev–Trinajstić information content (AvgIpc) is 2.84. The Labute approximate surface area is 128 Å². The summed E-state index contributed by atoms with van der Waals surface area (Å²) in [6, 6.07) is 0.450. The highest BCUT2D eigenvalue weighted by Crippen LogP contribution is 2.15. The fourth-order valence-electron chi connectivity index (χ4n) is 2.17. The first-order valence-corrected chi connectivity index (χ1v) is 7.17. The lowest BCUT2D eigenvalue weighted by Crippen LogP contribution is -2.48. The van der Waals surface area contributed by atoms with Crippen molar-refractivity contribution in [1.29, 1.82) is 0 Å². The molecule has 0 aromatic carbocycles. The van der Waals surface area contributed by atoms with Gasteiger partial charge in [0.25, 0.3) is 0 Å². The molecule has 1 saturated heterocycles. The molecule has 8 heteroatoms. The molecule has 0 saturated carbocycles. The Morgan fingerprint density at radius 1 is 1.50 bits per heavy atom.